The van der Waals surface area contributed by atoms with Crippen molar-refractivity contribution in [2.24, 2.45) is 0 Å². The Labute approximate surface area is 187 Å². The summed E-state index contributed by atoms with van der Waals surface area (Å²) in [6.07, 6.45) is 4.55. The number of aromatic nitrogens is 4. The van der Waals surface area contributed by atoms with E-state index >= 15 is 0 Å². The molecule has 1 aromatic carbocycles. The van der Waals surface area contributed by atoms with Crippen molar-refractivity contribution in [3.8, 4) is 0 Å². The van der Waals surface area contributed by atoms with E-state index in [1.165, 1.54) is 35.3 Å². The first kappa shape index (κ1) is 21.9. The summed E-state index contributed by atoms with van der Waals surface area (Å²) >= 11 is 6.11. The Hall–Kier alpha value is -3.31. The second-order valence-electron chi connectivity index (χ2n) is 6.99. The van der Waals surface area contributed by atoms with Crippen LogP contribution < -0.4 is 10.6 Å². The molecule has 2 N–H and O–H groups in total. The monoisotopic (exact) mass is 463 g/mol. The largest absolute Gasteiger partial charge is 0.378 e. The van der Waals surface area contributed by atoms with E-state index in [0.717, 1.165) is 0 Å². The van der Waals surface area contributed by atoms with Crippen LogP contribution in [0.15, 0.2) is 36.8 Å². The summed E-state index contributed by atoms with van der Waals surface area (Å²) < 4.78 is 34.4. The summed E-state index contributed by atoms with van der Waals surface area (Å²) in [7, 11) is 0. The molecule has 9 nitrogen and oxygen atoms in total. The predicted molar refractivity (Wildman–Crippen MR) is 114 cm³/mol. The lowest BCUT2D eigenvalue weighted by atomic mass is 10.2. The second kappa shape index (κ2) is 9.88. The number of morpholine rings is 1. The van der Waals surface area contributed by atoms with Gasteiger partial charge in [-0.15, -0.1) is 0 Å². The molecule has 12 heteroatoms. The van der Waals surface area contributed by atoms with Crippen molar-refractivity contribution in [2.45, 2.75) is 13.1 Å². The maximum absolute atomic E-state index is 13.8. The summed E-state index contributed by atoms with van der Waals surface area (Å²) in [4.78, 5) is 22.4. The Morgan fingerprint density at radius 3 is 2.69 bits per heavy atom. The molecule has 1 aliphatic rings. The number of carbonyl (C=O) groups excluding carboxylic acids is 1. The van der Waals surface area contributed by atoms with Gasteiger partial charge in [0.2, 0.25) is 11.9 Å². The fraction of sp³-hybridized carbons (Fsp3) is 0.300. The molecule has 168 valence electrons. The van der Waals surface area contributed by atoms with Gasteiger partial charge in [0.05, 0.1) is 31.3 Å². The van der Waals surface area contributed by atoms with E-state index in [-0.39, 0.29) is 41.3 Å². The molecule has 0 bridgehead atoms. The fourth-order valence-electron chi connectivity index (χ4n) is 3.12. The van der Waals surface area contributed by atoms with Gasteiger partial charge in [-0.05, 0) is 12.1 Å². The van der Waals surface area contributed by atoms with Crippen molar-refractivity contribution in [1.29, 1.82) is 0 Å². The standard InChI is InChI=1S/C20H20ClF2N7O2/c21-15-10-25-20(28-19(15)24-9-14-16(22)2-1-3-17(14)23)27-13-8-26-30(11-13)12-18(31)29-4-6-32-7-5-29/h1-3,8,10-11H,4-7,9,12H2,(H2,24,25,27,28). The van der Waals surface area contributed by atoms with Crippen molar-refractivity contribution in [3.63, 3.8) is 0 Å². The van der Waals surface area contributed by atoms with Gasteiger partial charge in [0.15, 0.2) is 5.82 Å². The van der Waals surface area contributed by atoms with Crippen LogP contribution in [0.2, 0.25) is 5.02 Å². The summed E-state index contributed by atoms with van der Waals surface area (Å²) in [5.41, 5.74) is 0.441. The second-order valence-corrected chi connectivity index (χ2v) is 7.40. The zero-order valence-electron chi connectivity index (χ0n) is 16.9. The molecular weight excluding hydrogens is 444 g/mol. The Kier molecular flexibility index (Phi) is 6.76. The number of benzene rings is 1. The van der Waals surface area contributed by atoms with Gasteiger partial charge in [-0.25, -0.2) is 13.8 Å². The highest BCUT2D eigenvalue weighted by atomic mass is 35.5. The van der Waals surface area contributed by atoms with Crippen molar-refractivity contribution in [2.75, 3.05) is 36.9 Å². The van der Waals surface area contributed by atoms with Crippen LogP contribution in [0.5, 0.6) is 0 Å². The van der Waals surface area contributed by atoms with Crippen LogP contribution >= 0.6 is 11.6 Å². The normalized spacial score (nSPS) is 13.8. The van der Waals surface area contributed by atoms with Crippen molar-refractivity contribution in [1.82, 2.24) is 24.6 Å². The molecule has 0 unspecified atom stereocenters. The van der Waals surface area contributed by atoms with Crippen molar-refractivity contribution >= 4 is 35.0 Å². The third kappa shape index (κ3) is 5.29. The Balaban J connectivity index is 1.39. The van der Waals surface area contributed by atoms with Crippen LogP contribution in [0.4, 0.5) is 26.2 Å². The topological polar surface area (TPSA) is 97.2 Å². The average Bonchev–Trinajstić information content (AvgIpc) is 3.22. The highest BCUT2D eigenvalue weighted by Gasteiger charge is 2.17. The molecule has 1 fully saturated rings. The highest BCUT2D eigenvalue weighted by molar-refractivity contribution is 6.32. The Morgan fingerprint density at radius 1 is 1.19 bits per heavy atom. The number of rotatable bonds is 7. The molecule has 0 aliphatic carbocycles. The maximum Gasteiger partial charge on any atom is 0.244 e. The van der Waals surface area contributed by atoms with Crippen molar-refractivity contribution in [3.05, 3.63) is 59.0 Å². The summed E-state index contributed by atoms with van der Waals surface area (Å²) in [5.74, 6) is -0.968. The minimum Gasteiger partial charge on any atom is -0.378 e. The van der Waals surface area contributed by atoms with Gasteiger partial charge < -0.3 is 20.3 Å². The summed E-state index contributed by atoms with van der Waals surface area (Å²) in [6.45, 7) is 2.16. The molecule has 0 saturated carbocycles. The first-order valence-electron chi connectivity index (χ1n) is 9.84. The van der Waals surface area contributed by atoms with Crippen LogP contribution in [0, 0.1) is 11.6 Å². The minimum atomic E-state index is -0.667. The van der Waals surface area contributed by atoms with E-state index in [9.17, 15) is 13.6 Å². The first-order chi connectivity index (χ1) is 15.5. The molecule has 1 aliphatic heterocycles. The lowest BCUT2D eigenvalue weighted by Gasteiger charge is -2.26. The van der Waals surface area contributed by atoms with Gasteiger partial charge in [0, 0.05) is 31.4 Å². The third-order valence-electron chi connectivity index (χ3n) is 4.79. The predicted octanol–water partition coefficient (Wildman–Crippen LogP) is 2.82. The zero-order valence-corrected chi connectivity index (χ0v) is 17.6. The number of nitrogens with zero attached hydrogens (tertiary/aromatic N) is 5. The number of carbonyl (C=O) groups is 1. The van der Waals surface area contributed by atoms with E-state index in [0.29, 0.717) is 32.0 Å². The van der Waals surface area contributed by atoms with E-state index < -0.39 is 11.6 Å². The van der Waals surface area contributed by atoms with E-state index in [1.807, 2.05) is 0 Å². The van der Waals surface area contributed by atoms with Crippen LogP contribution in [0.25, 0.3) is 0 Å². The number of ether oxygens (including phenoxy) is 1. The molecule has 0 spiro atoms. The van der Waals surface area contributed by atoms with E-state index in [4.69, 9.17) is 16.3 Å². The quantitative estimate of drug-likeness (QED) is 0.556. The van der Waals surface area contributed by atoms with E-state index in [2.05, 4.69) is 25.7 Å². The Bertz CT molecular complexity index is 1090. The van der Waals surface area contributed by atoms with Crippen LogP contribution in [-0.2, 0) is 22.6 Å². The fourth-order valence-corrected chi connectivity index (χ4v) is 3.28. The molecule has 1 amide bonds. The molecule has 4 rings (SSSR count). The first-order valence-corrected chi connectivity index (χ1v) is 10.2. The van der Waals surface area contributed by atoms with Gasteiger partial charge in [-0.3, -0.25) is 9.48 Å². The zero-order chi connectivity index (χ0) is 22.5. The van der Waals surface area contributed by atoms with Crippen molar-refractivity contribution < 1.29 is 18.3 Å². The number of anilines is 3. The average molecular weight is 464 g/mol. The third-order valence-corrected chi connectivity index (χ3v) is 5.07. The van der Waals surface area contributed by atoms with Gasteiger partial charge in [0.25, 0.3) is 0 Å². The molecule has 2 aromatic heterocycles. The Morgan fingerprint density at radius 2 is 1.94 bits per heavy atom. The van der Waals surface area contributed by atoms with E-state index in [1.54, 1.807) is 11.1 Å². The summed E-state index contributed by atoms with van der Waals surface area (Å²) in [6, 6.07) is 3.65. The van der Waals surface area contributed by atoms with Gasteiger partial charge in [-0.1, -0.05) is 17.7 Å². The minimum absolute atomic E-state index is 0.0439. The van der Waals surface area contributed by atoms with Gasteiger partial charge in [0.1, 0.15) is 23.2 Å². The SMILES string of the molecule is O=C(Cn1cc(Nc2ncc(Cl)c(NCc3c(F)cccc3F)n2)cn1)N1CCOCC1. The lowest BCUT2D eigenvalue weighted by Crippen LogP contribution is -2.42. The lowest BCUT2D eigenvalue weighted by molar-refractivity contribution is -0.136. The maximum atomic E-state index is 13.8. The van der Waals surface area contributed by atoms with Gasteiger partial charge >= 0.3 is 0 Å². The summed E-state index contributed by atoms with van der Waals surface area (Å²) in [5, 5.41) is 10.2. The van der Waals surface area contributed by atoms with Crippen LogP contribution in [-0.4, -0.2) is 56.9 Å². The number of amides is 1. The molecular formula is C20H20ClF2N7O2. The van der Waals surface area contributed by atoms with Crippen LogP contribution in [0.3, 0.4) is 0 Å². The number of nitrogens with one attached hydrogen (secondary N) is 2. The number of halogens is 3. The number of hydrogen-bond donors (Lipinski definition) is 2. The smallest absolute Gasteiger partial charge is 0.244 e. The van der Waals surface area contributed by atoms with Gasteiger partial charge in [-0.2, -0.15) is 10.1 Å². The highest BCUT2D eigenvalue weighted by Crippen LogP contribution is 2.23. The number of hydrogen-bond acceptors (Lipinski definition) is 7. The van der Waals surface area contributed by atoms with Crippen LogP contribution in [0.1, 0.15) is 5.56 Å². The molecule has 32 heavy (non-hydrogen) atoms. The molecule has 1 saturated heterocycles. The molecule has 3 aromatic rings. The molecule has 0 atom stereocenters. The molecule has 0 radical (unpaired) electrons. The molecule has 3 heterocycles.